The summed E-state index contributed by atoms with van der Waals surface area (Å²) in [6.07, 6.45) is 2.61. The van der Waals surface area contributed by atoms with Crippen molar-refractivity contribution in [3.63, 3.8) is 0 Å². The minimum absolute atomic E-state index is 0.611. The number of aromatic amines is 1. The van der Waals surface area contributed by atoms with Crippen LogP contribution in [0, 0.1) is 0 Å². The first-order chi connectivity index (χ1) is 10.2. The molecule has 0 aliphatic carbocycles. The topological polar surface area (TPSA) is 67.6 Å². The zero-order valence-electron chi connectivity index (χ0n) is 11.3. The molecule has 2 aromatic heterocycles. The molecule has 3 rings (SSSR count). The second kappa shape index (κ2) is 6.44. The number of nitrogens with one attached hydrogen (secondary N) is 1. The molecule has 0 radical (unpaired) electrons. The van der Waals surface area contributed by atoms with Crippen molar-refractivity contribution in [3.8, 4) is 11.3 Å². The number of aryl methyl sites for hydroxylation is 1. The van der Waals surface area contributed by atoms with E-state index < -0.39 is 0 Å². The number of hydrogen-bond acceptors (Lipinski definition) is 5. The lowest BCUT2D eigenvalue weighted by Gasteiger charge is -1.97. The zero-order valence-corrected chi connectivity index (χ0v) is 13.7. The average Bonchev–Trinajstić information content (AvgIpc) is 3.15. The zero-order chi connectivity index (χ0) is 14.7. The molecule has 5 nitrogen and oxygen atoms in total. The molecule has 21 heavy (non-hydrogen) atoms. The molecule has 0 saturated heterocycles. The van der Waals surface area contributed by atoms with E-state index in [2.05, 4.69) is 36.0 Å². The highest BCUT2D eigenvalue weighted by Gasteiger charge is 2.08. The van der Waals surface area contributed by atoms with E-state index in [0.717, 1.165) is 33.1 Å². The van der Waals surface area contributed by atoms with Crippen LogP contribution in [0.4, 0.5) is 0 Å². The van der Waals surface area contributed by atoms with Gasteiger partial charge in [0.05, 0.1) is 17.6 Å². The second-order valence-corrected chi connectivity index (χ2v) is 6.24. The number of nitrogens with zero attached hydrogens (tertiary/aromatic N) is 3. The van der Waals surface area contributed by atoms with E-state index in [9.17, 15) is 0 Å². The predicted molar refractivity (Wildman–Crippen MR) is 85.0 cm³/mol. The molecule has 7 heteroatoms. The molecule has 2 heterocycles. The monoisotopic (exact) mass is 364 g/mol. The van der Waals surface area contributed by atoms with Crippen molar-refractivity contribution in [2.75, 3.05) is 0 Å². The Morgan fingerprint density at radius 1 is 1.29 bits per heavy atom. The Hall–Kier alpha value is -1.60. The van der Waals surface area contributed by atoms with Crippen molar-refractivity contribution in [3.05, 3.63) is 46.7 Å². The van der Waals surface area contributed by atoms with Crippen molar-refractivity contribution in [1.82, 2.24) is 20.1 Å². The Morgan fingerprint density at radius 2 is 2.10 bits per heavy atom. The fraction of sp³-hybridized carbons (Fsp3) is 0.214. The number of thioether (sulfide) groups is 1. The molecule has 3 aromatic rings. The first kappa shape index (κ1) is 14.3. The highest BCUT2D eigenvalue weighted by molar-refractivity contribution is 9.10. The van der Waals surface area contributed by atoms with E-state index in [1.54, 1.807) is 11.8 Å². The molecular weight excluding hydrogens is 352 g/mol. The van der Waals surface area contributed by atoms with Gasteiger partial charge in [-0.2, -0.15) is 4.98 Å². The van der Waals surface area contributed by atoms with Crippen molar-refractivity contribution >= 4 is 27.7 Å². The van der Waals surface area contributed by atoms with Gasteiger partial charge in [-0.25, -0.2) is 4.98 Å². The fourth-order valence-electron chi connectivity index (χ4n) is 1.77. The summed E-state index contributed by atoms with van der Waals surface area (Å²) in [6.45, 7) is 2.00. The van der Waals surface area contributed by atoms with Gasteiger partial charge in [0, 0.05) is 10.9 Å². The highest BCUT2D eigenvalue weighted by Crippen LogP contribution is 2.24. The quantitative estimate of drug-likeness (QED) is 0.690. The third-order valence-electron chi connectivity index (χ3n) is 2.87. The Kier molecular flexibility index (Phi) is 4.40. The van der Waals surface area contributed by atoms with Gasteiger partial charge < -0.3 is 9.51 Å². The number of imidazole rings is 1. The predicted octanol–water partition coefficient (Wildman–Crippen LogP) is 4.08. The van der Waals surface area contributed by atoms with Crippen LogP contribution in [0.2, 0.25) is 0 Å². The molecule has 0 fully saturated rings. The normalized spacial score (nSPS) is 11.0. The average molecular weight is 365 g/mol. The van der Waals surface area contributed by atoms with Crippen LogP contribution in [0.25, 0.3) is 11.3 Å². The van der Waals surface area contributed by atoms with Gasteiger partial charge in [-0.05, 0) is 17.7 Å². The maximum absolute atomic E-state index is 5.15. The molecule has 0 aliphatic heterocycles. The van der Waals surface area contributed by atoms with Crippen LogP contribution in [0.5, 0.6) is 0 Å². The molecule has 0 unspecified atom stereocenters. The van der Waals surface area contributed by atoms with Gasteiger partial charge in [0.1, 0.15) is 0 Å². The van der Waals surface area contributed by atoms with Crippen LogP contribution in [-0.2, 0) is 12.2 Å². The number of aromatic nitrogens is 4. The summed E-state index contributed by atoms with van der Waals surface area (Å²) in [6, 6.07) is 8.09. The molecule has 0 amide bonds. The van der Waals surface area contributed by atoms with Gasteiger partial charge in [0.15, 0.2) is 11.0 Å². The summed E-state index contributed by atoms with van der Waals surface area (Å²) in [7, 11) is 0. The van der Waals surface area contributed by atoms with Gasteiger partial charge in [-0.15, -0.1) is 0 Å². The maximum Gasteiger partial charge on any atom is 0.237 e. The molecule has 0 spiro atoms. The van der Waals surface area contributed by atoms with E-state index in [-0.39, 0.29) is 0 Å². The Bertz CT molecular complexity index is 723. The van der Waals surface area contributed by atoms with Crippen LogP contribution >= 0.6 is 27.7 Å². The van der Waals surface area contributed by atoms with Gasteiger partial charge in [-0.3, -0.25) is 0 Å². The van der Waals surface area contributed by atoms with E-state index in [1.165, 1.54) is 0 Å². The molecule has 1 aromatic carbocycles. The van der Waals surface area contributed by atoms with Crippen LogP contribution in [0.1, 0.15) is 18.6 Å². The van der Waals surface area contributed by atoms with Crippen LogP contribution < -0.4 is 0 Å². The number of H-pyrrole nitrogens is 1. The number of halogens is 1. The summed E-state index contributed by atoms with van der Waals surface area (Å²) in [5.41, 5.74) is 2.09. The Morgan fingerprint density at radius 3 is 2.81 bits per heavy atom. The van der Waals surface area contributed by atoms with Crippen molar-refractivity contribution in [2.24, 2.45) is 0 Å². The lowest BCUT2D eigenvalue weighted by atomic mass is 10.2. The smallest absolute Gasteiger partial charge is 0.237 e. The van der Waals surface area contributed by atoms with E-state index in [4.69, 9.17) is 4.52 Å². The summed E-state index contributed by atoms with van der Waals surface area (Å²) < 4.78 is 6.21. The second-order valence-electron chi connectivity index (χ2n) is 4.36. The minimum atomic E-state index is 0.611. The summed E-state index contributed by atoms with van der Waals surface area (Å²) in [4.78, 5) is 11.9. The third-order valence-corrected chi connectivity index (χ3v) is 4.27. The van der Waals surface area contributed by atoms with Gasteiger partial charge >= 0.3 is 0 Å². The fourth-order valence-corrected chi connectivity index (χ4v) is 2.73. The summed E-state index contributed by atoms with van der Waals surface area (Å²) in [5.74, 6) is 1.97. The lowest BCUT2D eigenvalue weighted by molar-refractivity contribution is 0.385. The van der Waals surface area contributed by atoms with Gasteiger partial charge in [0.2, 0.25) is 5.89 Å². The lowest BCUT2D eigenvalue weighted by Crippen LogP contribution is -1.85. The molecule has 0 saturated carbocycles. The maximum atomic E-state index is 5.15. The highest BCUT2D eigenvalue weighted by atomic mass is 79.9. The number of rotatable bonds is 5. The summed E-state index contributed by atoms with van der Waals surface area (Å²) >= 11 is 4.97. The Balaban J connectivity index is 1.66. The standard InChI is InChI=1S/C14H13BrN4OS/c1-2-12-18-13(20-19-12)8-21-14-16-7-11(17-14)9-3-5-10(15)6-4-9/h3-7H,2,8H2,1H3,(H,16,17). The molecule has 1 N–H and O–H groups in total. The number of hydrogen-bond donors (Lipinski definition) is 1. The van der Waals surface area contributed by atoms with Crippen molar-refractivity contribution in [1.29, 1.82) is 0 Å². The van der Waals surface area contributed by atoms with Crippen LogP contribution in [0.15, 0.2) is 44.6 Å². The summed E-state index contributed by atoms with van der Waals surface area (Å²) in [5, 5.41) is 4.71. The number of benzene rings is 1. The first-order valence-electron chi connectivity index (χ1n) is 6.50. The molecular formula is C14H13BrN4OS. The van der Waals surface area contributed by atoms with Crippen molar-refractivity contribution in [2.45, 2.75) is 24.3 Å². The molecule has 0 bridgehead atoms. The molecule has 0 atom stereocenters. The van der Waals surface area contributed by atoms with E-state index in [1.807, 2.05) is 37.4 Å². The molecule has 0 aliphatic rings. The largest absolute Gasteiger partial charge is 0.338 e. The van der Waals surface area contributed by atoms with E-state index in [0.29, 0.717) is 11.6 Å². The van der Waals surface area contributed by atoms with Crippen molar-refractivity contribution < 1.29 is 4.52 Å². The van der Waals surface area contributed by atoms with E-state index >= 15 is 0 Å². The third kappa shape index (κ3) is 3.54. The minimum Gasteiger partial charge on any atom is -0.338 e. The Labute approximate surface area is 134 Å². The van der Waals surface area contributed by atoms with Crippen LogP contribution in [-0.4, -0.2) is 20.1 Å². The van der Waals surface area contributed by atoms with Crippen LogP contribution in [0.3, 0.4) is 0 Å². The van der Waals surface area contributed by atoms with Gasteiger partial charge in [-0.1, -0.05) is 51.9 Å². The SMILES string of the molecule is CCc1noc(CSc2ncc(-c3ccc(Br)cc3)[nH]2)n1. The molecule has 108 valence electrons. The van der Waals surface area contributed by atoms with Gasteiger partial charge in [0.25, 0.3) is 0 Å². The first-order valence-corrected chi connectivity index (χ1v) is 8.27.